The highest BCUT2D eigenvalue weighted by molar-refractivity contribution is 5.96. The van der Waals surface area contributed by atoms with Crippen molar-refractivity contribution in [2.24, 2.45) is 0 Å². The molecule has 1 amide bonds. The van der Waals surface area contributed by atoms with Crippen LogP contribution in [0.1, 0.15) is 21.5 Å². The van der Waals surface area contributed by atoms with Crippen molar-refractivity contribution in [3.8, 4) is 16.9 Å². The highest BCUT2D eigenvalue weighted by Crippen LogP contribution is 2.33. The Bertz CT molecular complexity index is 1740. The summed E-state index contributed by atoms with van der Waals surface area (Å²) < 4.78 is 45.0. The minimum atomic E-state index is -0.951. The summed E-state index contributed by atoms with van der Waals surface area (Å²) in [5.74, 6) is -2.11. The largest absolute Gasteiger partial charge is 0.489 e. The number of rotatable bonds is 12. The van der Waals surface area contributed by atoms with Gasteiger partial charge in [-0.2, -0.15) is 0 Å². The molecule has 5 rings (SSSR count). The van der Waals surface area contributed by atoms with E-state index in [0.29, 0.717) is 35.5 Å². The molecule has 0 unspecified atom stereocenters. The van der Waals surface area contributed by atoms with Gasteiger partial charge in [-0.1, -0.05) is 54.6 Å². The van der Waals surface area contributed by atoms with Gasteiger partial charge in [-0.3, -0.25) is 9.59 Å². The fraction of sp³-hybridized carbons (Fsp3) is 0.200. The first-order valence-corrected chi connectivity index (χ1v) is 14.1. The van der Waals surface area contributed by atoms with Crippen LogP contribution >= 0.6 is 0 Å². The number of carbonyl (C=O) groups is 2. The van der Waals surface area contributed by atoms with Crippen LogP contribution in [0.5, 0.6) is 5.75 Å². The Hall–Kier alpha value is -5.02. The number of benzene rings is 4. The van der Waals surface area contributed by atoms with E-state index in [1.54, 1.807) is 42.5 Å². The summed E-state index contributed by atoms with van der Waals surface area (Å²) in [6.45, 7) is 1.07. The Morgan fingerprint density at radius 2 is 1.57 bits per heavy atom. The van der Waals surface area contributed by atoms with Crippen LogP contribution in [0, 0.1) is 11.6 Å². The van der Waals surface area contributed by atoms with Crippen LogP contribution in [0.15, 0.2) is 102 Å². The first-order chi connectivity index (χ1) is 21.3. The molecule has 0 saturated heterocycles. The number of nitrogens with zero attached hydrogens (tertiary/aromatic N) is 2. The molecule has 0 radical (unpaired) electrons. The van der Waals surface area contributed by atoms with Crippen molar-refractivity contribution < 1.29 is 32.3 Å². The van der Waals surface area contributed by atoms with Crippen molar-refractivity contribution in [2.45, 2.75) is 13.2 Å². The molecule has 0 N–H and O–H groups in total. The molecule has 44 heavy (non-hydrogen) atoms. The number of esters is 1. The second kappa shape index (κ2) is 14.0. The number of carbonyl (C=O) groups excluding carboxylic acids is 2. The minimum absolute atomic E-state index is 0.0825. The molecule has 0 saturated carbocycles. The number of furan rings is 1. The number of fused-ring (bicyclic) bond motifs is 1. The Balaban J connectivity index is 1.23. The molecule has 0 atom stereocenters. The lowest BCUT2D eigenvalue weighted by Gasteiger charge is -2.24. The quantitative estimate of drug-likeness (QED) is 0.149. The molecule has 226 valence electrons. The zero-order chi connectivity index (χ0) is 31.1. The van der Waals surface area contributed by atoms with E-state index in [1.807, 2.05) is 55.4 Å². The molecule has 0 spiro atoms. The van der Waals surface area contributed by atoms with E-state index in [-0.39, 0.29) is 36.6 Å². The third-order valence-electron chi connectivity index (χ3n) is 7.04. The van der Waals surface area contributed by atoms with E-state index in [2.05, 4.69) is 0 Å². The normalized spacial score (nSPS) is 11.1. The van der Waals surface area contributed by atoms with E-state index < -0.39 is 17.6 Å². The van der Waals surface area contributed by atoms with Crippen molar-refractivity contribution in [1.82, 2.24) is 9.80 Å². The Labute approximate surface area is 254 Å². The molecule has 7 nitrogen and oxygen atoms in total. The molecule has 0 aliphatic heterocycles. The van der Waals surface area contributed by atoms with Crippen molar-refractivity contribution in [1.29, 1.82) is 0 Å². The smallest absolute Gasteiger partial charge is 0.325 e. The molecular weight excluding hydrogens is 566 g/mol. The predicted molar refractivity (Wildman–Crippen MR) is 163 cm³/mol. The zero-order valence-corrected chi connectivity index (χ0v) is 24.5. The van der Waals surface area contributed by atoms with Crippen LogP contribution in [0.2, 0.25) is 0 Å². The zero-order valence-electron chi connectivity index (χ0n) is 24.5. The summed E-state index contributed by atoms with van der Waals surface area (Å²) in [6.07, 6.45) is 1.33. The van der Waals surface area contributed by atoms with Crippen molar-refractivity contribution in [3.63, 3.8) is 0 Å². The average Bonchev–Trinajstić information content (AvgIpc) is 3.54. The number of likely N-dealkylation sites (N-methyl/N-ethyl adjacent to an activating group) is 1. The van der Waals surface area contributed by atoms with Gasteiger partial charge in [0.25, 0.3) is 5.91 Å². The van der Waals surface area contributed by atoms with Crippen LogP contribution in [0.25, 0.3) is 22.1 Å². The van der Waals surface area contributed by atoms with Gasteiger partial charge in [0.15, 0.2) is 11.6 Å². The van der Waals surface area contributed by atoms with Crippen LogP contribution < -0.4 is 4.74 Å². The topological polar surface area (TPSA) is 72.2 Å². The molecule has 1 aromatic heterocycles. The van der Waals surface area contributed by atoms with Gasteiger partial charge in [0, 0.05) is 24.2 Å². The molecule has 0 aliphatic rings. The SMILES string of the molecule is CN(C)CCN(CC(=O)OCc1ccccc1)C(=O)c1cccc(COc2ccc(-c3cc(F)c(F)c4ccoc34)cc2)c1. The molecule has 1 heterocycles. The van der Waals surface area contributed by atoms with Gasteiger partial charge in [0.1, 0.15) is 31.1 Å². The Morgan fingerprint density at radius 1 is 0.818 bits per heavy atom. The summed E-state index contributed by atoms with van der Waals surface area (Å²) in [5, 5.41) is 0.0825. The maximum absolute atomic E-state index is 14.1. The number of hydrogen-bond acceptors (Lipinski definition) is 6. The monoisotopic (exact) mass is 598 g/mol. The standard InChI is InChI=1S/C35H32F2N2O5/c1-38(2)16-17-39(21-32(40)44-22-24-7-4-3-5-8-24)35(41)27-10-6-9-25(19-27)23-43-28-13-11-26(12-14-28)30-20-31(36)33(37)29-15-18-42-34(29)30/h3-15,18-20H,16-17,21-23H2,1-2H3. The lowest BCUT2D eigenvalue weighted by atomic mass is 10.0. The van der Waals surface area contributed by atoms with Gasteiger partial charge in [-0.15, -0.1) is 0 Å². The Kier molecular flexibility index (Phi) is 9.66. The van der Waals surface area contributed by atoms with Gasteiger partial charge in [-0.05, 0) is 67.2 Å². The first-order valence-electron chi connectivity index (χ1n) is 14.1. The van der Waals surface area contributed by atoms with Gasteiger partial charge in [0.05, 0.1) is 11.6 Å². The summed E-state index contributed by atoms with van der Waals surface area (Å²) in [4.78, 5) is 29.6. The van der Waals surface area contributed by atoms with E-state index in [4.69, 9.17) is 13.9 Å². The summed E-state index contributed by atoms with van der Waals surface area (Å²) in [6, 6.07) is 25.9. The minimum Gasteiger partial charge on any atom is -0.489 e. The number of ether oxygens (including phenoxy) is 2. The summed E-state index contributed by atoms with van der Waals surface area (Å²) >= 11 is 0. The lowest BCUT2D eigenvalue weighted by Crippen LogP contribution is -2.40. The summed E-state index contributed by atoms with van der Waals surface area (Å²) in [7, 11) is 3.80. The first kappa shape index (κ1) is 30.4. The van der Waals surface area contributed by atoms with E-state index >= 15 is 0 Å². The van der Waals surface area contributed by atoms with Gasteiger partial charge in [0.2, 0.25) is 0 Å². The van der Waals surface area contributed by atoms with Crippen LogP contribution in [-0.2, 0) is 22.7 Å². The second-order valence-electron chi connectivity index (χ2n) is 10.6. The summed E-state index contributed by atoms with van der Waals surface area (Å²) in [5.41, 5.74) is 3.40. The van der Waals surface area contributed by atoms with E-state index in [0.717, 1.165) is 17.2 Å². The molecule has 0 aliphatic carbocycles. The average molecular weight is 599 g/mol. The van der Waals surface area contributed by atoms with E-state index in [9.17, 15) is 18.4 Å². The fourth-order valence-corrected chi connectivity index (χ4v) is 4.68. The van der Waals surface area contributed by atoms with Gasteiger partial charge in [-0.25, -0.2) is 8.78 Å². The van der Waals surface area contributed by atoms with Crippen LogP contribution in [0.4, 0.5) is 8.78 Å². The van der Waals surface area contributed by atoms with Crippen molar-refractivity contribution in [3.05, 3.63) is 126 Å². The van der Waals surface area contributed by atoms with Gasteiger partial charge >= 0.3 is 5.97 Å². The highest BCUT2D eigenvalue weighted by atomic mass is 19.2. The molecule has 4 aromatic carbocycles. The molecular formula is C35H32F2N2O5. The third kappa shape index (κ3) is 7.48. The second-order valence-corrected chi connectivity index (χ2v) is 10.6. The van der Waals surface area contributed by atoms with E-state index in [1.165, 1.54) is 17.2 Å². The van der Waals surface area contributed by atoms with Crippen LogP contribution in [0.3, 0.4) is 0 Å². The van der Waals surface area contributed by atoms with Crippen molar-refractivity contribution >= 4 is 22.8 Å². The molecule has 0 fully saturated rings. The van der Waals surface area contributed by atoms with Gasteiger partial charge < -0.3 is 23.7 Å². The van der Waals surface area contributed by atoms with Crippen LogP contribution in [-0.4, -0.2) is 55.4 Å². The molecule has 9 heteroatoms. The van der Waals surface area contributed by atoms with Crippen molar-refractivity contribution in [2.75, 3.05) is 33.7 Å². The third-order valence-corrected chi connectivity index (χ3v) is 7.04. The highest BCUT2D eigenvalue weighted by Gasteiger charge is 2.21. The lowest BCUT2D eigenvalue weighted by molar-refractivity contribution is -0.145. The maximum atomic E-state index is 14.1. The molecule has 5 aromatic rings. The fourth-order valence-electron chi connectivity index (χ4n) is 4.68. The predicted octanol–water partition coefficient (Wildman–Crippen LogP) is 6.70. The molecule has 0 bridgehead atoms. The number of hydrogen-bond donors (Lipinski definition) is 0. The number of amides is 1. The number of halogens is 2. The Morgan fingerprint density at radius 3 is 2.32 bits per heavy atom. The maximum Gasteiger partial charge on any atom is 0.325 e.